The monoisotopic (exact) mass is 251 g/mol. The third-order valence-electron chi connectivity index (χ3n) is 2.64. The summed E-state index contributed by atoms with van der Waals surface area (Å²) in [4.78, 5) is 0. The van der Waals surface area contributed by atoms with Crippen molar-refractivity contribution >= 4 is 6.21 Å². The fourth-order valence-electron chi connectivity index (χ4n) is 1.70. The van der Waals surface area contributed by atoms with Gasteiger partial charge in [-0.1, -0.05) is 24.2 Å². The summed E-state index contributed by atoms with van der Waals surface area (Å²) >= 11 is 0. The van der Waals surface area contributed by atoms with E-state index in [1.54, 1.807) is 0 Å². The van der Waals surface area contributed by atoms with Crippen LogP contribution in [0.5, 0.6) is 5.75 Å². The van der Waals surface area contributed by atoms with E-state index in [1.165, 1.54) is 11.8 Å². The van der Waals surface area contributed by atoms with Crippen molar-refractivity contribution in [3.63, 3.8) is 0 Å². The molecule has 0 heterocycles. The van der Waals surface area contributed by atoms with E-state index < -0.39 is 0 Å². The van der Waals surface area contributed by atoms with Gasteiger partial charge in [0.15, 0.2) is 0 Å². The highest BCUT2D eigenvalue weighted by molar-refractivity contribution is 5.58. The van der Waals surface area contributed by atoms with E-state index in [0.717, 1.165) is 37.4 Å². The number of hydrogen-bond donors (Lipinski definition) is 1. The Bertz CT molecular complexity index is 377. The molecule has 0 aliphatic heterocycles. The minimum Gasteiger partial charge on any atom is -0.488 e. The Morgan fingerprint density at radius 2 is 2.17 bits per heavy atom. The molecule has 18 heavy (non-hydrogen) atoms. The molecule has 1 aromatic carbocycles. The van der Waals surface area contributed by atoms with Gasteiger partial charge in [-0.25, -0.2) is 0 Å². The molecular formula is C14H21NO3. The van der Waals surface area contributed by atoms with E-state index in [-0.39, 0.29) is 6.61 Å². The van der Waals surface area contributed by atoms with Crippen molar-refractivity contribution in [3.8, 4) is 5.75 Å². The van der Waals surface area contributed by atoms with Crippen LogP contribution < -0.4 is 4.74 Å². The maximum atomic E-state index is 8.31. The lowest BCUT2D eigenvalue weighted by molar-refractivity contribution is 0.151. The van der Waals surface area contributed by atoms with Crippen LogP contribution in [0.2, 0.25) is 0 Å². The van der Waals surface area contributed by atoms with Gasteiger partial charge in [-0.3, -0.25) is 0 Å². The molecule has 1 rings (SSSR count). The van der Waals surface area contributed by atoms with Gasteiger partial charge in [0.2, 0.25) is 0 Å². The third kappa shape index (κ3) is 4.75. The van der Waals surface area contributed by atoms with Crippen molar-refractivity contribution in [2.75, 3.05) is 19.8 Å². The molecule has 1 N–H and O–H groups in total. The van der Waals surface area contributed by atoms with Crippen molar-refractivity contribution in [2.45, 2.75) is 26.7 Å². The zero-order valence-corrected chi connectivity index (χ0v) is 11.1. The van der Waals surface area contributed by atoms with Crippen molar-refractivity contribution < 1.29 is 14.7 Å². The van der Waals surface area contributed by atoms with E-state index in [4.69, 9.17) is 14.7 Å². The average Bonchev–Trinajstić information content (AvgIpc) is 2.40. The second-order valence-electron chi connectivity index (χ2n) is 3.85. The predicted molar refractivity (Wildman–Crippen MR) is 71.8 cm³/mol. The second-order valence-corrected chi connectivity index (χ2v) is 3.85. The first-order valence-electron chi connectivity index (χ1n) is 6.30. The van der Waals surface area contributed by atoms with E-state index in [9.17, 15) is 0 Å². The summed E-state index contributed by atoms with van der Waals surface area (Å²) in [6, 6.07) is 6.15. The van der Waals surface area contributed by atoms with Gasteiger partial charge in [0.25, 0.3) is 0 Å². The second kappa shape index (κ2) is 8.53. The summed E-state index contributed by atoms with van der Waals surface area (Å²) in [6.45, 7) is 5.87. The zero-order valence-electron chi connectivity index (χ0n) is 11.1. The summed E-state index contributed by atoms with van der Waals surface area (Å²) in [5, 5.41) is 11.2. The first-order chi connectivity index (χ1) is 8.81. The Kier molecular flexibility index (Phi) is 6.87. The lowest BCUT2D eigenvalue weighted by Crippen LogP contribution is -2.03. The SMILES string of the molecule is CCOCCc1ccc(OC/C=N\O)c(CC)c1. The summed E-state index contributed by atoms with van der Waals surface area (Å²) < 4.78 is 10.9. The first-order valence-corrected chi connectivity index (χ1v) is 6.30. The summed E-state index contributed by atoms with van der Waals surface area (Å²) in [6.07, 6.45) is 3.15. The number of ether oxygens (including phenoxy) is 2. The van der Waals surface area contributed by atoms with Gasteiger partial charge in [0.05, 0.1) is 12.8 Å². The third-order valence-corrected chi connectivity index (χ3v) is 2.64. The molecule has 0 saturated heterocycles. The normalized spacial score (nSPS) is 11.0. The molecule has 0 aliphatic carbocycles. The smallest absolute Gasteiger partial charge is 0.127 e. The minimum absolute atomic E-state index is 0.280. The van der Waals surface area contributed by atoms with Gasteiger partial charge in [-0.2, -0.15) is 0 Å². The van der Waals surface area contributed by atoms with E-state index >= 15 is 0 Å². The number of rotatable bonds is 8. The Morgan fingerprint density at radius 3 is 2.83 bits per heavy atom. The lowest BCUT2D eigenvalue weighted by atomic mass is 10.1. The Labute approximate surface area is 108 Å². The molecule has 0 spiro atoms. The highest BCUT2D eigenvalue weighted by Gasteiger charge is 2.03. The number of oxime groups is 1. The topological polar surface area (TPSA) is 51.0 Å². The van der Waals surface area contributed by atoms with Crippen LogP contribution in [0.1, 0.15) is 25.0 Å². The Hall–Kier alpha value is -1.55. The van der Waals surface area contributed by atoms with Crippen LogP contribution >= 0.6 is 0 Å². The van der Waals surface area contributed by atoms with E-state index in [0.29, 0.717) is 0 Å². The highest BCUT2D eigenvalue weighted by atomic mass is 16.5. The molecule has 0 unspecified atom stereocenters. The van der Waals surface area contributed by atoms with Gasteiger partial charge in [0, 0.05) is 6.61 Å². The molecule has 0 amide bonds. The molecule has 0 aliphatic rings. The average molecular weight is 251 g/mol. The predicted octanol–water partition coefficient (Wildman–Crippen LogP) is 2.67. The van der Waals surface area contributed by atoms with Crippen LogP contribution in [-0.2, 0) is 17.6 Å². The number of nitrogens with zero attached hydrogens (tertiary/aromatic N) is 1. The molecule has 0 saturated carbocycles. The molecule has 0 atom stereocenters. The molecular weight excluding hydrogens is 230 g/mol. The molecule has 4 heteroatoms. The molecule has 0 fully saturated rings. The van der Waals surface area contributed by atoms with Crippen LogP contribution in [0.4, 0.5) is 0 Å². The Balaban J connectivity index is 2.64. The summed E-state index contributed by atoms with van der Waals surface area (Å²) in [5.41, 5.74) is 2.42. The van der Waals surface area contributed by atoms with Gasteiger partial charge in [-0.05, 0) is 37.0 Å². The van der Waals surface area contributed by atoms with E-state index in [2.05, 4.69) is 18.1 Å². The summed E-state index contributed by atoms with van der Waals surface area (Å²) in [5.74, 6) is 0.845. The Morgan fingerprint density at radius 1 is 1.33 bits per heavy atom. The van der Waals surface area contributed by atoms with Gasteiger partial charge in [0.1, 0.15) is 12.4 Å². The molecule has 0 radical (unpaired) electrons. The van der Waals surface area contributed by atoms with Crippen molar-refractivity contribution in [1.82, 2.24) is 0 Å². The van der Waals surface area contributed by atoms with E-state index in [1.807, 2.05) is 19.1 Å². The van der Waals surface area contributed by atoms with Crippen LogP contribution in [0.15, 0.2) is 23.4 Å². The van der Waals surface area contributed by atoms with Crippen LogP contribution in [-0.4, -0.2) is 31.2 Å². The molecule has 4 nitrogen and oxygen atoms in total. The van der Waals surface area contributed by atoms with Gasteiger partial charge >= 0.3 is 0 Å². The maximum Gasteiger partial charge on any atom is 0.127 e. The fourth-order valence-corrected chi connectivity index (χ4v) is 1.70. The largest absolute Gasteiger partial charge is 0.488 e. The van der Waals surface area contributed by atoms with Crippen LogP contribution in [0.3, 0.4) is 0 Å². The van der Waals surface area contributed by atoms with Crippen molar-refractivity contribution in [1.29, 1.82) is 0 Å². The fraction of sp³-hybridized carbons (Fsp3) is 0.500. The molecule has 100 valence electrons. The lowest BCUT2D eigenvalue weighted by Gasteiger charge is -2.10. The molecule has 1 aromatic rings. The van der Waals surface area contributed by atoms with Crippen molar-refractivity contribution in [3.05, 3.63) is 29.3 Å². The van der Waals surface area contributed by atoms with Gasteiger partial charge < -0.3 is 14.7 Å². The quantitative estimate of drug-likeness (QED) is 0.334. The standard InChI is InChI=1S/C14H21NO3/c1-3-13-11-12(7-9-17-4-2)5-6-14(13)18-10-8-15-16/h5-6,8,11,16H,3-4,7,9-10H2,1-2H3/b15-8-. The van der Waals surface area contributed by atoms with Gasteiger partial charge in [-0.15, -0.1) is 0 Å². The number of hydrogen-bond acceptors (Lipinski definition) is 4. The zero-order chi connectivity index (χ0) is 13.2. The molecule has 0 bridgehead atoms. The first kappa shape index (κ1) is 14.5. The maximum absolute atomic E-state index is 8.31. The van der Waals surface area contributed by atoms with Crippen LogP contribution in [0.25, 0.3) is 0 Å². The number of aryl methyl sites for hydroxylation is 1. The number of benzene rings is 1. The highest BCUT2D eigenvalue weighted by Crippen LogP contribution is 2.21. The van der Waals surface area contributed by atoms with Crippen molar-refractivity contribution in [2.24, 2.45) is 5.16 Å². The van der Waals surface area contributed by atoms with Crippen LogP contribution in [0, 0.1) is 0 Å². The minimum atomic E-state index is 0.280. The molecule has 0 aromatic heterocycles. The summed E-state index contributed by atoms with van der Waals surface area (Å²) in [7, 11) is 0.